The number of aryl methyl sites for hydroxylation is 1. The standard InChI is InChI=1S/C13H15BrN2O5S/c1-13(19-5-6-20-13)3-4-16-12(17)21-11(15-16)10-9(18-2)8(14)7-22-10/h7H,3-6H2,1-2H3. The molecule has 1 saturated heterocycles. The van der Waals surface area contributed by atoms with E-state index in [-0.39, 0.29) is 5.89 Å². The minimum absolute atomic E-state index is 0.246. The summed E-state index contributed by atoms with van der Waals surface area (Å²) in [5.74, 6) is -0.325. The Morgan fingerprint density at radius 2 is 2.23 bits per heavy atom. The molecule has 9 heteroatoms. The first-order valence-corrected chi connectivity index (χ1v) is 8.37. The number of ether oxygens (including phenoxy) is 3. The van der Waals surface area contributed by atoms with Crippen molar-refractivity contribution in [1.82, 2.24) is 9.78 Å². The van der Waals surface area contributed by atoms with Crippen molar-refractivity contribution in [2.45, 2.75) is 25.7 Å². The maximum atomic E-state index is 11.9. The van der Waals surface area contributed by atoms with E-state index in [2.05, 4.69) is 21.0 Å². The maximum Gasteiger partial charge on any atom is 0.437 e. The number of halogens is 1. The number of aromatic nitrogens is 2. The normalized spacial score (nSPS) is 17.0. The summed E-state index contributed by atoms with van der Waals surface area (Å²) in [6.07, 6.45) is 0.518. The summed E-state index contributed by atoms with van der Waals surface area (Å²) in [5, 5.41) is 6.09. The second kappa shape index (κ2) is 6.15. The zero-order valence-corrected chi connectivity index (χ0v) is 14.5. The summed E-state index contributed by atoms with van der Waals surface area (Å²) in [6.45, 7) is 3.34. The van der Waals surface area contributed by atoms with E-state index < -0.39 is 11.5 Å². The second-order valence-electron chi connectivity index (χ2n) is 4.92. The quantitative estimate of drug-likeness (QED) is 0.780. The lowest BCUT2D eigenvalue weighted by Crippen LogP contribution is -2.29. The van der Waals surface area contributed by atoms with Crippen molar-refractivity contribution in [1.29, 1.82) is 0 Å². The molecular formula is C13H15BrN2O5S. The first kappa shape index (κ1) is 15.7. The van der Waals surface area contributed by atoms with Gasteiger partial charge in [-0.1, -0.05) is 0 Å². The molecule has 0 atom stereocenters. The number of hydrogen-bond acceptors (Lipinski definition) is 7. The highest BCUT2D eigenvalue weighted by atomic mass is 79.9. The number of hydrogen-bond donors (Lipinski definition) is 0. The molecule has 0 saturated carbocycles. The Balaban J connectivity index is 1.80. The van der Waals surface area contributed by atoms with Gasteiger partial charge in [0.1, 0.15) is 4.88 Å². The molecule has 0 unspecified atom stereocenters. The number of methoxy groups -OCH3 is 1. The second-order valence-corrected chi connectivity index (χ2v) is 6.66. The van der Waals surface area contributed by atoms with Crippen molar-refractivity contribution in [3.63, 3.8) is 0 Å². The lowest BCUT2D eigenvalue weighted by atomic mass is 10.2. The number of thiophene rings is 1. The van der Waals surface area contributed by atoms with Crippen molar-refractivity contribution < 1.29 is 18.6 Å². The highest BCUT2D eigenvalue weighted by Gasteiger charge is 2.31. The van der Waals surface area contributed by atoms with Gasteiger partial charge < -0.3 is 18.6 Å². The summed E-state index contributed by atoms with van der Waals surface area (Å²) < 4.78 is 23.6. The molecule has 0 N–H and O–H groups in total. The first-order chi connectivity index (χ1) is 10.5. The lowest BCUT2D eigenvalue weighted by Gasteiger charge is -2.21. The van der Waals surface area contributed by atoms with Crippen LogP contribution in [0.3, 0.4) is 0 Å². The molecule has 0 aliphatic carbocycles. The van der Waals surface area contributed by atoms with Gasteiger partial charge in [0.25, 0.3) is 5.89 Å². The van der Waals surface area contributed by atoms with Crippen LogP contribution in [0.2, 0.25) is 0 Å². The molecule has 1 fully saturated rings. The Morgan fingerprint density at radius 3 is 2.91 bits per heavy atom. The SMILES string of the molecule is COc1c(Br)csc1-c1nn(CCC2(C)OCCO2)c(=O)o1. The Bertz CT molecular complexity index is 716. The van der Waals surface area contributed by atoms with Crippen LogP contribution in [0.15, 0.2) is 19.1 Å². The highest BCUT2D eigenvalue weighted by Crippen LogP contribution is 2.40. The van der Waals surface area contributed by atoms with Crippen molar-refractivity contribution in [3.8, 4) is 16.5 Å². The molecule has 1 aliphatic rings. The van der Waals surface area contributed by atoms with E-state index in [4.69, 9.17) is 18.6 Å². The van der Waals surface area contributed by atoms with Gasteiger partial charge in [-0.2, -0.15) is 4.68 Å². The van der Waals surface area contributed by atoms with Crippen LogP contribution in [0.4, 0.5) is 0 Å². The average molecular weight is 391 g/mol. The number of rotatable bonds is 5. The molecule has 1 aliphatic heterocycles. The molecule has 7 nitrogen and oxygen atoms in total. The van der Waals surface area contributed by atoms with E-state index in [1.807, 2.05) is 12.3 Å². The van der Waals surface area contributed by atoms with Crippen LogP contribution in [-0.4, -0.2) is 35.9 Å². The fourth-order valence-electron chi connectivity index (χ4n) is 2.21. The summed E-state index contributed by atoms with van der Waals surface area (Å²) in [7, 11) is 1.56. The van der Waals surface area contributed by atoms with Crippen LogP contribution in [0.25, 0.3) is 10.8 Å². The van der Waals surface area contributed by atoms with Gasteiger partial charge in [-0.25, -0.2) is 4.79 Å². The predicted octanol–water partition coefficient (Wildman–Crippen LogP) is 2.49. The molecule has 3 heterocycles. The van der Waals surface area contributed by atoms with Gasteiger partial charge in [-0.3, -0.25) is 0 Å². The molecule has 0 amide bonds. The lowest BCUT2D eigenvalue weighted by molar-refractivity contribution is -0.149. The van der Waals surface area contributed by atoms with Crippen LogP contribution in [-0.2, 0) is 16.0 Å². The molecular weight excluding hydrogens is 376 g/mol. The molecule has 0 aromatic carbocycles. The van der Waals surface area contributed by atoms with Crippen molar-refractivity contribution >= 4 is 27.3 Å². The van der Waals surface area contributed by atoms with E-state index >= 15 is 0 Å². The van der Waals surface area contributed by atoms with E-state index in [9.17, 15) is 4.79 Å². The van der Waals surface area contributed by atoms with Crippen molar-refractivity contribution in [2.24, 2.45) is 0 Å². The highest BCUT2D eigenvalue weighted by molar-refractivity contribution is 9.10. The molecule has 3 rings (SSSR count). The largest absolute Gasteiger partial charge is 0.494 e. The zero-order valence-electron chi connectivity index (χ0n) is 12.1. The third-order valence-corrected chi connectivity index (χ3v) is 5.23. The van der Waals surface area contributed by atoms with Crippen LogP contribution < -0.4 is 10.5 Å². The fraction of sp³-hybridized carbons (Fsp3) is 0.538. The van der Waals surface area contributed by atoms with Crippen LogP contribution in [0, 0.1) is 0 Å². The van der Waals surface area contributed by atoms with Gasteiger partial charge in [-0.15, -0.1) is 16.4 Å². The summed E-state index contributed by atoms with van der Waals surface area (Å²) in [4.78, 5) is 12.6. The molecule has 120 valence electrons. The van der Waals surface area contributed by atoms with Gasteiger partial charge in [0, 0.05) is 11.8 Å². The molecule has 2 aromatic heterocycles. The third kappa shape index (κ3) is 2.98. The van der Waals surface area contributed by atoms with E-state index in [1.54, 1.807) is 7.11 Å². The molecule has 0 radical (unpaired) electrons. The number of nitrogens with zero attached hydrogens (tertiary/aromatic N) is 2. The van der Waals surface area contributed by atoms with Crippen molar-refractivity contribution in [3.05, 3.63) is 20.4 Å². The Labute approximate surface area is 138 Å². The monoisotopic (exact) mass is 390 g/mol. The van der Waals surface area contributed by atoms with Gasteiger partial charge in [0.05, 0.1) is 31.3 Å². The summed E-state index contributed by atoms with van der Waals surface area (Å²) >= 11 is 4.77. The van der Waals surface area contributed by atoms with E-state index in [0.717, 1.165) is 4.47 Å². The van der Waals surface area contributed by atoms with Crippen LogP contribution >= 0.6 is 27.3 Å². The van der Waals surface area contributed by atoms with Crippen molar-refractivity contribution in [2.75, 3.05) is 20.3 Å². The molecule has 2 aromatic rings. The minimum Gasteiger partial charge on any atom is -0.494 e. The van der Waals surface area contributed by atoms with Crippen LogP contribution in [0.5, 0.6) is 5.75 Å². The Hall–Kier alpha value is -1.16. The van der Waals surface area contributed by atoms with Gasteiger partial charge >= 0.3 is 5.76 Å². The minimum atomic E-state index is -0.664. The van der Waals surface area contributed by atoms with E-state index in [1.165, 1.54) is 16.0 Å². The maximum absolute atomic E-state index is 11.9. The topological polar surface area (TPSA) is 75.7 Å². The van der Waals surface area contributed by atoms with Gasteiger partial charge in [-0.05, 0) is 22.9 Å². The smallest absolute Gasteiger partial charge is 0.437 e. The van der Waals surface area contributed by atoms with E-state index in [0.29, 0.717) is 36.8 Å². The fourth-order valence-corrected chi connectivity index (χ4v) is 3.80. The molecule has 0 bridgehead atoms. The Kier molecular flexibility index (Phi) is 4.40. The Morgan fingerprint density at radius 1 is 1.50 bits per heavy atom. The van der Waals surface area contributed by atoms with Crippen LogP contribution in [0.1, 0.15) is 13.3 Å². The summed E-state index contributed by atoms with van der Waals surface area (Å²) in [5.41, 5.74) is 0. The molecule has 22 heavy (non-hydrogen) atoms. The predicted molar refractivity (Wildman–Crippen MR) is 83.3 cm³/mol. The molecule has 0 spiro atoms. The first-order valence-electron chi connectivity index (χ1n) is 6.69. The average Bonchev–Trinajstić information content (AvgIpc) is 3.17. The summed E-state index contributed by atoms with van der Waals surface area (Å²) in [6, 6.07) is 0. The van der Waals surface area contributed by atoms with Gasteiger partial charge in [0.2, 0.25) is 0 Å². The zero-order chi connectivity index (χ0) is 15.7. The third-order valence-electron chi connectivity index (χ3n) is 3.38. The van der Waals surface area contributed by atoms with Gasteiger partial charge in [0.15, 0.2) is 11.5 Å².